The molecule has 0 saturated heterocycles. The van der Waals surface area contributed by atoms with Crippen LogP contribution in [0.1, 0.15) is 50.8 Å². The summed E-state index contributed by atoms with van der Waals surface area (Å²) >= 11 is 0. The molecular weight excluding hydrogens is 333 g/mol. The number of nitrogens with zero attached hydrogens (tertiary/aromatic N) is 4. The second kappa shape index (κ2) is 5.89. The van der Waals surface area contributed by atoms with Crippen LogP contribution in [0.3, 0.4) is 0 Å². The number of hydrogen-bond donors (Lipinski definition) is 2. The number of alkyl halides is 3. The summed E-state index contributed by atoms with van der Waals surface area (Å²) in [5.41, 5.74) is 0.553. The minimum Gasteiger partial charge on any atom is -0.372 e. The van der Waals surface area contributed by atoms with Crippen LogP contribution in [0.5, 0.6) is 0 Å². The number of nitrogens with one attached hydrogen (secondary N) is 2. The second-order valence-corrected chi connectivity index (χ2v) is 7.15. The lowest BCUT2D eigenvalue weighted by Gasteiger charge is -2.18. The Morgan fingerprint density at radius 2 is 1.88 bits per heavy atom. The molecule has 1 saturated carbocycles. The number of rotatable bonds is 4. The Bertz CT molecular complexity index is 771. The Morgan fingerprint density at radius 3 is 2.40 bits per heavy atom. The van der Waals surface area contributed by atoms with Gasteiger partial charge in [-0.3, -0.25) is 4.68 Å². The van der Waals surface area contributed by atoms with Crippen LogP contribution in [0.2, 0.25) is 0 Å². The molecule has 1 fully saturated rings. The van der Waals surface area contributed by atoms with E-state index in [2.05, 4.69) is 25.7 Å². The van der Waals surface area contributed by atoms with Crippen molar-refractivity contribution in [2.75, 3.05) is 17.7 Å². The maximum Gasteiger partial charge on any atom is 0.421 e. The Labute approximate surface area is 143 Å². The molecule has 25 heavy (non-hydrogen) atoms. The topological polar surface area (TPSA) is 67.7 Å². The molecule has 0 bridgehead atoms. The maximum absolute atomic E-state index is 13.0. The first-order valence-electron chi connectivity index (χ1n) is 8.08. The molecule has 0 radical (unpaired) electrons. The van der Waals surface area contributed by atoms with Crippen molar-refractivity contribution < 1.29 is 13.2 Å². The zero-order valence-corrected chi connectivity index (χ0v) is 14.6. The van der Waals surface area contributed by atoms with Crippen LogP contribution in [0.25, 0.3) is 0 Å². The van der Waals surface area contributed by atoms with E-state index in [-0.39, 0.29) is 17.3 Å². The van der Waals surface area contributed by atoms with Gasteiger partial charge in [0.15, 0.2) is 0 Å². The molecule has 0 aliphatic heterocycles. The average molecular weight is 354 g/mol. The quantitative estimate of drug-likeness (QED) is 0.865. The first kappa shape index (κ1) is 17.5. The number of aromatic nitrogens is 4. The van der Waals surface area contributed by atoms with Crippen molar-refractivity contribution in [3.8, 4) is 0 Å². The van der Waals surface area contributed by atoms with E-state index in [1.165, 1.54) is 7.05 Å². The summed E-state index contributed by atoms with van der Waals surface area (Å²) in [6.45, 7) is 6.11. The van der Waals surface area contributed by atoms with Gasteiger partial charge in [-0.15, -0.1) is 0 Å². The predicted octanol–water partition coefficient (Wildman–Crippen LogP) is 4.11. The number of hydrogen-bond acceptors (Lipinski definition) is 5. The number of halogens is 3. The molecule has 0 amide bonds. The van der Waals surface area contributed by atoms with Crippen molar-refractivity contribution in [2.45, 2.75) is 51.2 Å². The van der Waals surface area contributed by atoms with Gasteiger partial charge in [0.2, 0.25) is 5.95 Å². The lowest BCUT2D eigenvalue weighted by molar-refractivity contribution is -0.137. The molecule has 0 aromatic carbocycles. The molecular formula is C16H21F3N6. The third-order valence-electron chi connectivity index (χ3n) is 3.97. The molecule has 9 heteroatoms. The van der Waals surface area contributed by atoms with Gasteiger partial charge >= 0.3 is 6.18 Å². The summed E-state index contributed by atoms with van der Waals surface area (Å²) in [7, 11) is 1.40. The highest BCUT2D eigenvalue weighted by Crippen LogP contribution is 2.43. The Balaban J connectivity index is 1.93. The highest BCUT2D eigenvalue weighted by molar-refractivity contribution is 5.59. The summed E-state index contributed by atoms with van der Waals surface area (Å²) in [5.74, 6) is 0.221. The van der Waals surface area contributed by atoms with Crippen molar-refractivity contribution in [2.24, 2.45) is 0 Å². The van der Waals surface area contributed by atoms with Crippen molar-refractivity contribution in [1.29, 1.82) is 0 Å². The molecule has 2 aromatic rings. The summed E-state index contributed by atoms with van der Waals surface area (Å²) in [5, 5.41) is 10.1. The minimum atomic E-state index is -4.51. The van der Waals surface area contributed by atoms with Gasteiger partial charge in [0.1, 0.15) is 11.4 Å². The molecule has 0 unspecified atom stereocenters. The van der Waals surface area contributed by atoms with Gasteiger partial charge in [0.25, 0.3) is 0 Å². The molecule has 136 valence electrons. The van der Waals surface area contributed by atoms with Crippen LogP contribution in [0.15, 0.2) is 12.4 Å². The predicted molar refractivity (Wildman–Crippen MR) is 89.1 cm³/mol. The molecule has 3 rings (SSSR count). The average Bonchev–Trinajstić information content (AvgIpc) is 3.25. The normalized spacial score (nSPS) is 15.3. The fourth-order valence-corrected chi connectivity index (χ4v) is 2.45. The minimum absolute atomic E-state index is 0.104. The van der Waals surface area contributed by atoms with Crippen LogP contribution < -0.4 is 10.6 Å². The van der Waals surface area contributed by atoms with Crippen LogP contribution in [-0.4, -0.2) is 26.8 Å². The van der Waals surface area contributed by atoms with Crippen LogP contribution >= 0.6 is 0 Å². The van der Waals surface area contributed by atoms with E-state index in [9.17, 15) is 13.2 Å². The molecule has 2 aromatic heterocycles. The summed E-state index contributed by atoms with van der Waals surface area (Å²) in [6.07, 6.45) is 0.254. The standard InChI is InChI=1S/C16H21F3N6/c1-15(2,3)25-8-11(12(24-25)9-5-6-9)22-14-21-7-10(16(17,18)19)13(20-4)23-14/h7-9H,5-6H2,1-4H3,(H2,20,21,22,23). The second-order valence-electron chi connectivity index (χ2n) is 7.15. The lowest BCUT2D eigenvalue weighted by Crippen LogP contribution is -2.22. The fraction of sp³-hybridized carbons (Fsp3) is 0.562. The van der Waals surface area contributed by atoms with E-state index in [1.54, 1.807) is 0 Å². The largest absolute Gasteiger partial charge is 0.421 e. The lowest BCUT2D eigenvalue weighted by atomic mass is 10.1. The smallest absolute Gasteiger partial charge is 0.372 e. The van der Waals surface area contributed by atoms with Crippen LogP contribution in [-0.2, 0) is 11.7 Å². The third kappa shape index (κ3) is 3.69. The van der Waals surface area contributed by atoms with E-state index in [4.69, 9.17) is 0 Å². The molecule has 1 aliphatic carbocycles. The van der Waals surface area contributed by atoms with Gasteiger partial charge in [-0.1, -0.05) is 0 Å². The summed E-state index contributed by atoms with van der Waals surface area (Å²) < 4.78 is 40.7. The van der Waals surface area contributed by atoms with Gasteiger partial charge in [0.05, 0.1) is 16.9 Å². The van der Waals surface area contributed by atoms with Crippen molar-refractivity contribution >= 4 is 17.5 Å². The third-order valence-corrected chi connectivity index (χ3v) is 3.97. The van der Waals surface area contributed by atoms with E-state index >= 15 is 0 Å². The Hall–Kier alpha value is -2.32. The van der Waals surface area contributed by atoms with Gasteiger partial charge in [0, 0.05) is 25.4 Å². The molecule has 1 aliphatic rings. The van der Waals surface area contributed by atoms with Gasteiger partial charge < -0.3 is 10.6 Å². The molecule has 6 nitrogen and oxygen atoms in total. The van der Waals surface area contributed by atoms with Gasteiger partial charge in [-0.2, -0.15) is 23.3 Å². The highest BCUT2D eigenvalue weighted by Gasteiger charge is 2.35. The first-order chi connectivity index (χ1) is 11.6. The van der Waals surface area contributed by atoms with E-state index in [0.717, 1.165) is 30.4 Å². The first-order valence-corrected chi connectivity index (χ1v) is 8.08. The number of anilines is 3. The summed E-state index contributed by atoms with van der Waals surface area (Å²) in [4.78, 5) is 7.78. The van der Waals surface area contributed by atoms with Gasteiger partial charge in [-0.25, -0.2) is 4.98 Å². The summed E-state index contributed by atoms with van der Waals surface area (Å²) in [6, 6.07) is 0. The monoisotopic (exact) mass is 354 g/mol. The van der Waals surface area contributed by atoms with E-state index in [0.29, 0.717) is 5.92 Å². The highest BCUT2D eigenvalue weighted by atomic mass is 19.4. The van der Waals surface area contributed by atoms with Crippen LogP contribution in [0, 0.1) is 0 Å². The molecule has 2 N–H and O–H groups in total. The van der Waals surface area contributed by atoms with E-state index in [1.807, 2.05) is 31.6 Å². The molecule has 2 heterocycles. The Morgan fingerprint density at radius 1 is 1.20 bits per heavy atom. The zero-order valence-electron chi connectivity index (χ0n) is 14.6. The SMILES string of the molecule is CNc1nc(Nc2cn(C(C)(C)C)nc2C2CC2)ncc1C(F)(F)F. The van der Waals surface area contributed by atoms with Crippen LogP contribution in [0.4, 0.5) is 30.6 Å². The molecule has 0 atom stereocenters. The van der Waals surface area contributed by atoms with Crippen molar-refractivity contribution in [3.63, 3.8) is 0 Å². The van der Waals surface area contributed by atoms with E-state index < -0.39 is 11.7 Å². The fourth-order valence-electron chi connectivity index (χ4n) is 2.45. The van der Waals surface area contributed by atoms with Gasteiger partial charge in [-0.05, 0) is 33.6 Å². The van der Waals surface area contributed by atoms with Crippen molar-refractivity contribution in [1.82, 2.24) is 19.7 Å². The van der Waals surface area contributed by atoms with Crippen molar-refractivity contribution in [3.05, 3.63) is 23.7 Å². The molecule has 0 spiro atoms. The zero-order chi connectivity index (χ0) is 18.4. The Kier molecular flexibility index (Phi) is 4.12. The maximum atomic E-state index is 13.0.